The minimum absolute atomic E-state index is 0.00226. The summed E-state index contributed by atoms with van der Waals surface area (Å²) in [7, 11) is 0. The normalized spacial score (nSPS) is 18.3. The molecule has 2 aromatic carbocycles. The van der Waals surface area contributed by atoms with E-state index in [4.69, 9.17) is 0 Å². The van der Waals surface area contributed by atoms with Crippen molar-refractivity contribution in [3.8, 4) is 5.75 Å². The maximum atomic E-state index is 11.6. The van der Waals surface area contributed by atoms with Gasteiger partial charge in [0.15, 0.2) is 0 Å². The molecule has 1 aliphatic rings. The molecule has 0 saturated heterocycles. The molecule has 0 spiro atoms. The summed E-state index contributed by atoms with van der Waals surface area (Å²) in [5.74, 6) is 0.00226. The first-order valence-corrected chi connectivity index (χ1v) is 11.2. The minimum Gasteiger partial charge on any atom is -0.506 e. The quantitative estimate of drug-likeness (QED) is 0.487. The van der Waals surface area contributed by atoms with E-state index in [0.717, 1.165) is 19.3 Å². The Balaban J connectivity index is 1.56. The van der Waals surface area contributed by atoms with Gasteiger partial charge in [0.25, 0.3) is 0 Å². The number of aromatic hydroxyl groups is 1. The number of pyridine rings is 1. The van der Waals surface area contributed by atoms with E-state index in [1.165, 1.54) is 34.4 Å². The van der Waals surface area contributed by atoms with Crippen molar-refractivity contribution in [3.05, 3.63) is 74.6 Å². The molecule has 3 aromatic rings. The Morgan fingerprint density at radius 2 is 1.84 bits per heavy atom. The number of aliphatic hydroxyl groups is 1. The summed E-state index contributed by atoms with van der Waals surface area (Å²) in [5.41, 5.74) is 6.40. The van der Waals surface area contributed by atoms with Crippen molar-refractivity contribution in [2.24, 2.45) is 0 Å². The van der Waals surface area contributed by atoms with Gasteiger partial charge in [0.05, 0.1) is 11.6 Å². The fraction of sp³-hybridized carbons (Fsp3) is 0.423. The van der Waals surface area contributed by atoms with Crippen LogP contribution in [0.1, 0.15) is 61.6 Å². The topological polar surface area (TPSA) is 85.3 Å². The van der Waals surface area contributed by atoms with Gasteiger partial charge >= 0.3 is 0 Å². The van der Waals surface area contributed by atoms with Gasteiger partial charge in [-0.15, -0.1) is 0 Å². The highest BCUT2D eigenvalue weighted by Gasteiger charge is 2.39. The van der Waals surface area contributed by atoms with Gasteiger partial charge < -0.3 is 20.5 Å². The minimum atomic E-state index is -0.758. The van der Waals surface area contributed by atoms with Crippen LogP contribution in [0.25, 0.3) is 10.9 Å². The zero-order valence-corrected chi connectivity index (χ0v) is 18.7. The lowest BCUT2D eigenvalue weighted by atomic mass is 9.81. The van der Waals surface area contributed by atoms with Crippen molar-refractivity contribution in [2.45, 2.75) is 64.5 Å². The van der Waals surface area contributed by atoms with E-state index >= 15 is 0 Å². The van der Waals surface area contributed by atoms with Gasteiger partial charge in [0.1, 0.15) is 5.75 Å². The maximum Gasteiger partial charge on any atom is 0.248 e. The van der Waals surface area contributed by atoms with Gasteiger partial charge in [-0.1, -0.05) is 45.9 Å². The van der Waals surface area contributed by atoms with E-state index in [1.54, 1.807) is 12.1 Å². The van der Waals surface area contributed by atoms with E-state index in [9.17, 15) is 15.0 Å². The lowest BCUT2D eigenvalue weighted by Gasteiger charge is -2.30. The number of aromatic amines is 1. The molecule has 1 aromatic heterocycles. The monoisotopic (exact) mass is 420 g/mol. The van der Waals surface area contributed by atoms with Crippen molar-refractivity contribution in [2.75, 3.05) is 6.54 Å². The molecule has 1 aliphatic carbocycles. The number of aliphatic hydroxyl groups excluding tert-OH is 1. The number of fused-ring (bicyclic) bond motifs is 2. The zero-order chi connectivity index (χ0) is 22.3. The first kappa shape index (κ1) is 21.6. The third-order valence-corrected chi connectivity index (χ3v) is 7.00. The molecule has 0 saturated carbocycles. The van der Waals surface area contributed by atoms with Crippen LogP contribution in [-0.4, -0.2) is 27.8 Å². The van der Waals surface area contributed by atoms with E-state index in [0.29, 0.717) is 23.0 Å². The Bertz CT molecular complexity index is 1180. The van der Waals surface area contributed by atoms with Gasteiger partial charge in [-0.05, 0) is 59.2 Å². The summed E-state index contributed by atoms with van der Waals surface area (Å²) in [6.07, 6.45) is 2.27. The number of nitrogens with one attached hydrogen (secondary N) is 2. The number of hydrogen-bond donors (Lipinski definition) is 4. The number of phenolic OH excluding ortho intramolecular Hbond substituents is 1. The van der Waals surface area contributed by atoms with Crippen molar-refractivity contribution >= 4 is 10.9 Å². The van der Waals surface area contributed by atoms with E-state index < -0.39 is 6.10 Å². The maximum absolute atomic E-state index is 11.6. The van der Waals surface area contributed by atoms with Crippen molar-refractivity contribution in [3.63, 3.8) is 0 Å². The number of benzene rings is 2. The summed E-state index contributed by atoms with van der Waals surface area (Å²) in [6, 6.07) is 11.3. The van der Waals surface area contributed by atoms with Crippen LogP contribution in [0.5, 0.6) is 5.75 Å². The molecule has 0 aliphatic heterocycles. The van der Waals surface area contributed by atoms with Crippen molar-refractivity contribution < 1.29 is 10.2 Å². The number of H-pyrrole nitrogens is 1. The Labute approximate surface area is 183 Å². The number of rotatable bonds is 6. The van der Waals surface area contributed by atoms with Crippen molar-refractivity contribution in [1.29, 1.82) is 0 Å². The lowest BCUT2D eigenvalue weighted by molar-refractivity contribution is 0.165. The molecule has 1 unspecified atom stereocenters. The molecule has 2 atom stereocenters. The summed E-state index contributed by atoms with van der Waals surface area (Å²) < 4.78 is 0. The zero-order valence-electron chi connectivity index (χ0n) is 18.7. The second-order valence-corrected chi connectivity index (χ2v) is 9.17. The van der Waals surface area contributed by atoms with Crippen LogP contribution in [0.3, 0.4) is 0 Å². The third-order valence-electron chi connectivity index (χ3n) is 7.00. The molecular weight excluding hydrogens is 388 g/mol. The second-order valence-electron chi connectivity index (χ2n) is 9.17. The Hall–Kier alpha value is -2.63. The highest BCUT2D eigenvalue weighted by atomic mass is 16.3. The van der Waals surface area contributed by atoms with Crippen LogP contribution in [0.4, 0.5) is 0 Å². The molecule has 4 N–H and O–H groups in total. The first-order chi connectivity index (χ1) is 14.8. The molecule has 0 bridgehead atoms. The number of aryl methyl sites for hydroxylation is 2. The molecule has 0 amide bonds. The first-order valence-electron chi connectivity index (χ1n) is 11.2. The number of phenols is 1. The summed E-state index contributed by atoms with van der Waals surface area (Å²) in [6.45, 7) is 9.36. The van der Waals surface area contributed by atoms with Gasteiger partial charge in [-0.3, -0.25) is 4.79 Å². The molecule has 1 heterocycles. The molecular formula is C26H32N2O3. The summed E-state index contributed by atoms with van der Waals surface area (Å²) in [5, 5.41) is 25.3. The van der Waals surface area contributed by atoms with Crippen LogP contribution in [0, 0.1) is 0 Å². The molecule has 5 nitrogen and oxygen atoms in total. The van der Waals surface area contributed by atoms with Gasteiger partial charge in [-0.25, -0.2) is 0 Å². The van der Waals surface area contributed by atoms with Gasteiger partial charge in [0, 0.05) is 29.5 Å². The third kappa shape index (κ3) is 3.77. The summed E-state index contributed by atoms with van der Waals surface area (Å²) >= 11 is 0. The highest BCUT2D eigenvalue weighted by molar-refractivity contribution is 5.87. The van der Waals surface area contributed by atoms with Crippen LogP contribution in [-0.2, 0) is 24.7 Å². The van der Waals surface area contributed by atoms with Crippen LogP contribution in [0.2, 0.25) is 0 Å². The lowest BCUT2D eigenvalue weighted by Crippen LogP contribution is -2.43. The predicted molar refractivity (Wildman–Crippen MR) is 125 cm³/mol. The van der Waals surface area contributed by atoms with E-state index in [-0.39, 0.29) is 22.8 Å². The largest absolute Gasteiger partial charge is 0.506 e. The fourth-order valence-electron chi connectivity index (χ4n) is 5.07. The number of hydrogen-bond acceptors (Lipinski definition) is 4. The standard InChI is InChI=1S/C26H32N2O3/c1-5-15-11-17-13-23(26(3,4)20(17)12-16(15)6-2)27-14-22(30)18-7-9-21(29)25-19(18)8-10-24(31)28-25/h7-12,22-23,27,29-30H,5-6,13-14H2,1-4H3,(H,28,31)/t22-,23?/m0/s1. The average Bonchev–Trinajstić information content (AvgIpc) is 3.00. The highest BCUT2D eigenvalue weighted by Crippen LogP contribution is 2.40. The molecule has 0 radical (unpaired) electrons. The Kier molecular flexibility index (Phi) is 5.67. The molecule has 164 valence electrons. The number of aromatic nitrogens is 1. The average molecular weight is 421 g/mol. The van der Waals surface area contributed by atoms with Crippen LogP contribution < -0.4 is 10.9 Å². The van der Waals surface area contributed by atoms with Crippen LogP contribution >= 0.6 is 0 Å². The summed E-state index contributed by atoms with van der Waals surface area (Å²) in [4.78, 5) is 14.3. The van der Waals surface area contributed by atoms with Gasteiger partial charge in [0.2, 0.25) is 5.56 Å². The SMILES string of the molecule is CCc1cc2c(cc1CC)C(C)(C)C(NC[C@H](O)c1ccc(O)c3[nH]c(=O)ccc13)C2. The van der Waals surface area contributed by atoms with E-state index in [2.05, 4.69) is 50.1 Å². The molecule has 31 heavy (non-hydrogen) atoms. The molecule has 0 fully saturated rings. The molecule has 4 rings (SSSR count). The predicted octanol–water partition coefficient (Wildman–Crippen LogP) is 3.88. The van der Waals surface area contributed by atoms with Crippen molar-refractivity contribution in [1.82, 2.24) is 10.3 Å². The Morgan fingerprint density at radius 3 is 2.55 bits per heavy atom. The Morgan fingerprint density at radius 1 is 1.13 bits per heavy atom. The van der Waals surface area contributed by atoms with E-state index in [1.807, 2.05) is 0 Å². The fourth-order valence-corrected chi connectivity index (χ4v) is 5.07. The van der Waals surface area contributed by atoms with Gasteiger partial charge in [-0.2, -0.15) is 0 Å². The second kappa shape index (κ2) is 8.13. The molecule has 5 heteroatoms. The smallest absolute Gasteiger partial charge is 0.248 e. The van der Waals surface area contributed by atoms with Crippen LogP contribution in [0.15, 0.2) is 41.2 Å².